The van der Waals surface area contributed by atoms with Gasteiger partial charge >= 0.3 is 14.7 Å². The van der Waals surface area contributed by atoms with Crippen LogP contribution in [0.1, 0.15) is 47.8 Å². The topological polar surface area (TPSA) is 93.1 Å². The average molecular weight is 685 g/mol. The van der Waals surface area contributed by atoms with Crippen LogP contribution >= 0.6 is 14.7 Å². The van der Waals surface area contributed by atoms with Crippen molar-refractivity contribution < 1.29 is 28.4 Å². The van der Waals surface area contributed by atoms with E-state index in [2.05, 4.69) is 13.8 Å². The summed E-state index contributed by atoms with van der Waals surface area (Å²) in [6.45, 7) is 4.17. The van der Waals surface area contributed by atoms with Crippen molar-refractivity contribution in [3.63, 3.8) is 0 Å². The standard InChI is InChI=1S/C41H34O6P2/c1-41(2,29-23-19-27(20-24-29)39(42)48(44)37-17-9-5-13-33(37)31-11-3-7-15-35(31)46-48)30-25-21-28(22-26-30)40(43)49(45)38-18-10-6-14-34(38)32-12-4-8-16-36(32)47-49/h3-26,39-40,42-43H,1-2H3. The highest BCUT2D eigenvalue weighted by Crippen LogP contribution is 2.63. The van der Waals surface area contributed by atoms with Crippen LogP contribution in [-0.2, 0) is 14.5 Å². The Balaban J connectivity index is 1.05. The van der Waals surface area contributed by atoms with E-state index in [0.29, 0.717) is 33.2 Å². The molecule has 0 amide bonds. The monoisotopic (exact) mass is 684 g/mol. The second-order valence-corrected chi connectivity index (χ2v) is 17.7. The maximum Gasteiger partial charge on any atom is 0.310 e. The number of hydrogen-bond donors (Lipinski definition) is 2. The zero-order valence-electron chi connectivity index (χ0n) is 26.9. The van der Waals surface area contributed by atoms with E-state index in [4.69, 9.17) is 9.05 Å². The molecule has 6 aromatic carbocycles. The zero-order valence-corrected chi connectivity index (χ0v) is 28.7. The molecule has 2 heterocycles. The highest BCUT2D eigenvalue weighted by molar-refractivity contribution is 7.68. The van der Waals surface area contributed by atoms with Crippen LogP contribution in [0.3, 0.4) is 0 Å². The van der Waals surface area contributed by atoms with Crippen LogP contribution in [0.15, 0.2) is 146 Å². The van der Waals surface area contributed by atoms with E-state index in [0.717, 1.165) is 33.4 Å². The number of fused-ring (bicyclic) bond motifs is 6. The van der Waals surface area contributed by atoms with Crippen molar-refractivity contribution in [2.24, 2.45) is 0 Å². The van der Waals surface area contributed by atoms with Crippen molar-refractivity contribution in [3.8, 4) is 33.8 Å². The van der Waals surface area contributed by atoms with Gasteiger partial charge in [-0.3, -0.25) is 9.13 Å². The van der Waals surface area contributed by atoms with Crippen molar-refractivity contribution in [2.75, 3.05) is 0 Å². The van der Waals surface area contributed by atoms with Crippen molar-refractivity contribution >= 4 is 25.3 Å². The molecule has 0 aliphatic carbocycles. The number of rotatable bonds is 6. The number of benzene rings is 6. The minimum absolute atomic E-state index is 0.471. The van der Waals surface area contributed by atoms with Gasteiger partial charge in [0.1, 0.15) is 11.5 Å². The van der Waals surface area contributed by atoms with E-state index in [1.807, 2.05) is 97.1 Å². The van der Waals surface area contributed by atoms with Gasteiger partial charge in [0.25, 0.3) is 0 Å². The molecule has 2 aliphatic rings. The summed E-state index contributed by atoms with van der Waals surface area (Å²) in [5, 5.41) is 24.1. The molecule has 0 fully saturated rings. The molecule has 2 aliphatic heterocycles. The lowest BCUT2D eigenvalue weighted by atomic mass is 9.78. The van der Waals surface area contributed by atoms with Crippen LogP contribution in [0.25, 0.3) is 22.3 Å². The molecule has 0 saturated carbocycles. The molecule has 0 spiro atoms. The fraction of sp³-hybridized carbons (Fsp3) is 0.122. The fourth-order valence-corrected chi connectivity index (χ4v) is 11.5. The summed E-state index contributed by atoms with van der Waals surface area (Å²) in [5.41, 5.74) is 5.76. The van der Waals surface area contributed by atoms with E-state index in [1.165, 1.54) is 0 Å². The van der Waals surface area contributed by atoms with Crippen molar-refractivity contribution in [3.05, 3.63) is 168 Å². The molecule has 49 heavy (non-hydrogen) atoms. The Bertz CT molecular complexity index is 2150. The predicted molar refractivity (Wildman–Crippen MR) is 194 cm³/mol. The summed E-state index contributed by atoms with van der Waals surface area (Å²) in [6, 6.07) is 44.6. The van der Waals surface area contributed by atoms with E-state index >= 15 is 0 Å². The average Bonchev–Trinajstić information content (AvgIpc) is 3.14. The van der Waals surface area contributed by atoms with Crippen LogP contribution < -0.4 is 19.7 Å². The molecular weight excluding hydrogens is 650 g/mol. The second-order valence-electron chi connectivity index (χ2n) is 13.0. The summed E-state index contributed by atoms with van der Waals surface area (Å²) in [5.74, 6) is -1.74. The fourth-order valence-electron chi connectivity index (χ4n) is 6.94. The van der Waals surface area contributed by atoms with Crippen molar-refractivity contribution in [2.45, 2.75) is 31.0 Å². The minimum Gasteiger partial charge on any atom is -0.437 e. The predicted octanol–water partition coefficient (Wildman–Crippen LogP) is 9.32. The van der Waals surface area contributed by atoms with Gasteiger partial charge in [-0.1, -0.05) is 135 Å². The van der Waals surface area contributed by atoms with Crippen LogP contribution in [0.2, 0.25) is 0 Å². The zero-order chi connectivity index (χ0) is 34.0. The quantitative estimate of drug-likeness (QED) is 0.170. The lowest BCUT2D eigenvalue weighted by Gasteiger charge is -2.32. The SMILES string of the molecule is CC(C)(c1ccc(C(O)P2(=O)Oc3ccccc3-c3ccccc32)cc1)c1ccc(C(O)P2(=O)Oc3ccccc3-c3ccccc32)cc1. The van der Waals surface area contributed by atoms with E-state index in [1.54, 1.807) is 48.5 Å². The molecule has 6 aromatic rings. The molecule has 4 atom stereocenters. The number of hydrogen-bond acceptors (Lipinski definition) is 6. The molecule has 6 nitrogen and oxygen atoms in total. The van der Waals surface area contributed by atoms with E-state index in [-0.39, 0.29) is 0 Å². The van der Waals surface area contributed by atoms with Gasteiger partial charge in [0.2, 0.25) is 0 Å². The number of aliphatic hydroxyl groups is 2. The summed E-state index contributed by atoms with van der Waals surface area (Å²) < 4.78 is 41.1. The maximum atomic E-state index is 14.5. The third-order valence-electron chi connectivity index (χ3n) is 9.81. The molecule has 8 heteroatoms. The van der Waals surface area contributed by atoms with E-state index in [9.17, 15) is 19.3 Å². The molecule has 2 N–H and O–H groups in total. The summed E-state index contributed by atoms with van der Waals surface area (Å²) in [4.78, 5) is 0. The van der Waals surface area contributed by atoms with E-state index < -0.39 is 31.8 Å². The first-order valence-corrected chi connectivity index (χ1v) is 19.5. The van der Waals surface area contributed by atoms with Crippen molar-refractivity contribution in [1.29, 1.82) is 0 Å². The first-order chi connectivity index (χ1) is 23.6. The van der Waals surface area contributed by atoms with Crippen LogP contribution in [-0.4, -0.2) is 10.2 Å². The first kappa shape index (κ1) is 31.6. The number of aliphatic hydroxyl groups excluding tert-OH is 2. The van der Waals surface area contributed by atoms with Gasteiger partial charge in [0, 0.05) is 16.5 Å². The van der Waals surface area contributed by atoms with Crippen LogP contribution in [0.4, 0.5) is 0 Å². The summed E-state index contributed by atoms with van der Waals surface area (Å²) >= 11 is 0. The first-order valence-electron chi connectivity index (χ1n) is 16.1. The van der Waals surface area contributed by atoms with Gasteiger partial charge in [-0.25, -0.2) is 0 Å². The van der Waals surface area contributed by atoms with Crippen LogP contribution in [0, 0.1) is 0 Å². The Morgan fingerprint density at radius 1 is 0.469 bits per heavy atom. The highest BCUT2D eigenvalue weighted by atomic mass is 31.2. The molecule has 244 valence electrons. The molecule has 4 unspecified atom stereocenters. The Morgan fingerprint density at radius 2 is 0.796 bits per heavy atom. The third kappa shape index (κ3) is 5.02. The number of para-hydroxylation sites is 2. The normalized spacial score (nSPS) is 20.3. The second kappa shape index (κ2) is 11.7. The summed E-state index contributed by atoms with van der Waals surface area (Å²) in [6.07, 6.45) is 0. The van der Waals surface area contributed by atoms with Gasteiger partial charge in [0.15, 0.2) is 11.7 Å². The minimum atomic E-state index is -3.73. The smallest absolute Gasteiger partial charge is 0.310 e. The molecule has 0 aromatic heterocycles. The molecular formula is C41H34O6P2. The lowest BCUT2D eigenvalue weighted by Crippen LogP contribution is -2.23. The third-order valence-corrected chi connectivity index (χ3v) is 14.8. The Kier molecular flexibility index (Phi) is 7.55. The van der Waals surface area contributed by atoms with Gasteiger partial charge < -0.3 is 19.3 Å². The molecule has 0 radical (unpaired) electrons. The highest BCUT2D eigenvalue weighted by Gasteiger charge is 2.44. The largest absolute Gasteiger partial charge is 0.437 e. The van der Waals surface area contributed by atoms with Gasteiger partial charge in [-0.15, -0.1) is 0 Å². The van der Waals surface area contributed by atoms with Gasteiger partial charge in [0.05, 0.1) is 10.6 Å². The Labute approximate surface area is 285 Å². The molecule has 0 bridgehead atoms. The maximum absolute atomic E-state index is 14.5. The molecule has 0 saturated heterocycles. The summed E-state index contributed by atoms with van der Waals surface area (Å²) in [7, 11) is -7.47. The van der Waals surface area contributed by atoms with Crippen molar-refractivity contribution in [1.82, 2.24) is 0 Å². The van der Waals surface area contributed by atoms with Crippen LogP contribution in [0.5, 0.6) is 11.5 Å². The Hall–Kier alpha value is -4.70. The van der Waals surface area contributed by atoms with Gasteiger partial charge in [-0.2, -0.15) is 0 Å². The molecule has 8 rings (SSSR count). The Morgan fingerprint density at radius 3 is 1.18 bits per heavy atom. The van der Waals surface area contributed by atoms with Gasteiger partial charge in [-0.05, 0) is 57.6 Å². The lowest BCUT2D eigenvalue weighted by molar-refractivity contribution is 0.240.